The summed E-state index contributed by atoms with van der Waals surface area (Å²) >= 11 is 1.58. The number of rotatable bonds is 4. The molecule has 1 amide bonds. The Morgan fingerprint density at radius 3 is 3.05 bits per heavy atom. The average molecular weight is 318 g/mol. The molecule has 2 aromatic rings. The van der Waals surface area contributed by atoms with Gasteiger partial charge in [-0.05, 0) is 6.42 Å². The zero-order valence-corrected chi connectivity index (χ0v) is 13.5. The molecule has 0 fully saturated rings. The molecule has 0 bridgehead atoms. The van der Waals surface area contributed by atoms with E-state index in [1.165, 1.54) is 6.26 Å². The topological polar surface area (TPSA) is 63.4 Å². The first-order valence-electron chi connectivity index (χ1n) is 7.36. The minimum Gasteiger partial charge on any atom is -0.468 e. The highest BCUT2D eigenvalue weighted by molar-refractivity contribution is 7.09. The van der Waals surface area contributed by atoms with Gasteiger partial charge >= 0.3 is 0 Å². The van der Waals surface area contributed by atoms with E-state index in [4.69, 9.17) is 4.42 Å². The third kappa shape index (κ3) is 2.70. The molecule has 5 nitrogen and oxygen atoms in total. The van der Waals surface area contributed by atoms with E-state index >= 15 is 0 Å². The van der Waals surface area contributed by atoms with Gasteiger partial charge in [-0.2, -0.15) is 0 Å². The number of nitrogens with zero attached hydrogens (tertiary/aromatic N) is 2. The molecule has 6 heteroatoms. The number of aromatic nitrogens is 1. The quantitative estimate of drug-likeness (QED) is 0.869. The van der Waals surface area contributed by atoms with Crippen LogP contribution in [0.15, 0.2) is 22.3 Å². The Morgan fingerprint density at radius 1 is 1.50 bits per heavy atom. The van der Waals surface area contributed by atoms with Gasteiger partial charge in [-0.3, -0.25) is 9.59 Å². The zero-order chi connectivity index (χ0) is 15.7. The maximum Gasteiger partial charge on any atom is 0.257 e. The summed E-state index contributed by atoms with van der Waals surface area (Å²) in [5.74, 6) is 0.664. The number of ketones is 1. The summed E-state index contributed by atoms with van der Waals surface area (Å²) in [5.41, 5.74) is 0.888. The maximum atomic E-state index is 12.6. The summed E-state index contributed by atoms with van der Waals surface area (Å²) in [7, 11) is 1.75. The first-order valence-corrected chi connectivity index (χ1v) is 8.24. The molecule has 0 N–H and O–H groups in total. The Balaban J connectivity index is 1.76. The van der Waals surface area contributed by atoms with Crippen LogP contribution in [0.3, 0.4) is 0 Å². The van der Waals surface area contributed by atoms with Crippen molar-refractivity contribution in [3.8, 4) is 0 Å². The fourth-order valence-electron chi connectivity index (χ4n) is 2.83. The van der Waals surface area contributed by atoms with Crippen LogP contribution in [0.4, 0.5) is 0 Å². The number of thiazole rings is 1. The minimum absolute atomic E-state index is 0.0136. The van der Waals surface area contributed by atoms with Gasteiger partial charge in [0.1, 0.15) is 12.0 Å². The normalized spacial score (nSPS) is 15.5. The lowest BCUT2D eigenvalue weighted by Crippen LogP contribution is -2.31. The van der Waals surface area contributed by atoms with Crippen LogP contribution in [0, 0.1) is 0 Å². The van der Waals surface area contributed by atoms with Gasteiger partial charge < -0.3 is 9.32 Å². The molecule has 1 unspecified atom stereocenters. The van der Waals surface area contributed by atoms with Crippen LogP contribution in [-0.4, -0.2) is 35.2 Å². The Bertz CT molecular complexity index is 690. The summed E-state index contributed by atoms with van der Waals surface area (Å²) in [5, 5.41) is 2.93. The highest BCUT2D eigenvalue weighted by atomic mass is 32.1. The van der Waals surface area contributed by atoms with Crippen molar-refractivity contribution in [1.82, 2.24) is 9.88 Å². The number of hydrogen-bond acceptors (Lipinski definition) is 5. The smallest absolute Gasteiger partial charge is 0.257 e. The molecule has 3 rings (SSSR count). The number of hydrogen-bond donors (Lipinski definition) is 0. The Kier molecular flexibility index (Phi) is 4.11. The summed E-state index contributed by atoms with van der Waals surface area (Å²) in [6.45, 7) is 2.60. The fraction of sp³-hybridized carbons (Fsp3) is 0.438. The van der Waals surface area contributed by atoms with Gasteiger partial charge in [-0.1, -0.05) is 6.92 Å². The molecule has 22 heavy (non-hydrogen) atoms. The van der Waals surface area contributed by atoms with Crippen molar-refractivity contribution in [3.63, 3.8) is 0 Å². The molecule has 0 saturated heterocycles. The van der Waals surface area contributed by atoms with Crippen LogP contribution < -0.4 is 0 Å². The molecule has 0 aromatic carbocycles. The van der Waals surface area contributed by atoms with Crippen molar-refractivity contribution in [1.29, 1.82) is 0 Å². The number of likely N-dealkylation sites (N-methyl/N-ethyl adjacent to an activating group) is 1. The van der Waals surface area contributed by atoms with Crippen LogP contribution >= 0.6 is 11.3 Å². The van der Waals surface area contributed by atoms with E-state index in [1.54, 1.807) is 29.5 Å². The largest absolute Gasteiger partial charge is 0.468 e. The molecule has 1 atom stereocenters. The first-order chi connectivity index (χ1) is 10.6. The van der Waals surface area contributed by atoms with Gasteiger partial charge in [0.25, 0.3) is 5.91 Å². The second kappa shape index (κ2) is 6.04. The average Bonchev–Trinajstić information content (AvgIpc) is 3.16. The number of carbonyl (C=O) groups is 2. The number of furan rings is 1. The SMILES string of the molecule is CC(CN(C)C(=O)c1coc2c1C(=O)CCC2)c1nccs1. The predicted molar refractivity (Wildman–Crippen MR) is 83.5 cm³/mol. The third-order valence-corrected chi connectivity index (χ3v) is 4.96. The Labute approximate surface area is 133 Å². The van der Waals surface area contributed by atoms with E-state index in [9.17, 15) is 9.59 Å². The molecule has 2 heterocycles. The van der Waals surface area contributed by atoms with E-state index in [0.29, 0.717) is 29.9 Å². The number of fused-ring (bicyclic) bond motifs is 1. The first kappa shape index (κ1) is 15.0. The van der Waals surface area contributed by atoms with Gasteiger partial charge in [-0.15, -0.1) is 11.3 Å². The van der Waals surface area contributed by atoms with E-state index < -0.39 is 0 Å². The van der Waals surface area contributed by atoms with E-state index in [2.05, 4.69) is 4.98 Å². The Morgan fingerprint density at radius 2 is 2.32 bits per heavy atom. The molecule has 1 aliphatic rings. The summed E-state index contributed by atoms with van der Waals surface area (Å²) in [6, 6.07) is 0. The van der Waals surface area contributed by atoms with Crippen LogP contribution in [0.2, 0.25) is 0 Å². The van der Waals surface area contributed by atoms with E-state index in [-0.39, 0.29) is 17.6 Å². The van der Waals surface area contributed by atoms with Crippen molar-refractivity contribution >= 4 is 23.0 Å². The van der Waals surface area contributed by atoms with Crippen molar-refractivity contribution in [2.45, 2.75) is 32.1 Å². The van der Waals surface area contributed by atoms with Crippen LogP contribution in [0.25, 0.3) is 0 Å². The Hall–Kier alpha value is -1.95. The third-order valence-electron chi connectivity index (χ3n) is 3.95. The standard InChI is InChI=1S/C16H18N2O3S/c1-10(15-17-6-7-22-15)8-18(2)16(20)11-9-21-13-5-3-4-12(19)14(11)13/h6-7,9-10H,3-5,8H2,1-2H3. The minimum atomic E-state index is -0.163. The van der Waals surface area contributed by atoms with Crippen LogP contribution in [-0.2, 0) is 6.42 Å². The molecule has 2 aromatic heterocycles. The summed E-state index contributed by atoms with van der Waals surface area (Å²) in [6.07, 6.45) is 5.22. The van der Waals surface area contributed by atoms with Gasteiger partial charge in [0, 0.05) is 43.9 Å². The second-order valence-corrected chi connectivity index (χ2v) is 6.61. The molecular weight excluding hydrogens is 300 g/mol. The molecule has 116 valence electrons. The lowest BCUT2D eigenvalue weighted by molar-refractivity contribution is 0.0781. The molecule has 1 aliphatic carbocycles. The van der Waals surface area contributed by atoms with Gasteiger partial charge in [0.2, 0.25) is 0 Å². The summed E-state index contributed by atoms with van der Waals surface area (Å²) in [4.78, 5) is 30.6. The highest BCUT2D eigenvalue weighted by Crippen LogP contribution is 2.27. The van der Waals surface area contributed by atoms with E-state index in [0.717, 1.165) is 17.8 Å². The van der Waals surface area contributed by atoms with Crippen LogP contribution in [0.1, 0.15) is 57.2 Å². The molecular formula is C16H18N2O3S. The van der Waals surface area contributed by atoms with Gasteiger partial charge in [0.15, 0.2) is 5.78 Å². The molecule has 0 saturated carbocycles. The highest BCUT2D eigenvalue weighted by Gasteiger charge is 2.29. The van der Waals surface area contributed by atoms with Gasteiger partial charge in [-0.25, -0.2) is 4.98 Å². The number of amides is 1. The number of Topliss-reactive ketones (excluding diaryl/α,β-unsaturated/α-hetero) is 1. The maximum absolute atomic E-state index is 12.6. The van der Waals surface area contributed by atoms with Crippen molar-refractivity contribution in [2.24, 2.45) is 0 Å². The monoisotopic (exact) mass is 318 g/mol. The fourth-order valence-corrected chi connectivity index (χ4v) is 3.52. The lowest BCUT2D eigenvalue weighted by atomic mass is 9.93. The van der Waals surface area contributed by atoms with Crippen LogP contribution in [0.5, 0.6) is 0 Å². The second-order valence-electron chi connectivity index (χ2n) is 5.68. The number of aryl methyl sites for hydroxylation is 1. The van der Waals surface area contributed by atoms with Crippen molar-refractivity contribution in [2.75, 3.05) is 13.6 Å². The molecule has 0 radical (unpaired) electrons. The van der Waals surface area contributed by atoms with Gasteiger partial charge in [0.05, 0.1) is 16.1 Å². The molecule has 0 aliphatic heterocycles. The zero-order valence-electron chi connectivity index (χ0n) is 12.7. The summed E-state index contributed by atoms with van der Waals surface area (Å²) < 4.78 is 5.43. The van der Waals surface area contributed by atoms with Crippen molar-refractivity contribution < 1.29 is 14.0 Å². The lowest BCUT2D eigenvalue weighted by Gasteiger charge is -2.20. The van der Waals surface area contributed by atoms with E-state index in [1.807, 2.05) is 12.3 Å². The molecule has 0 spiro atoms. The number of carbonyl (C=O) groups excluding carboxylic acids is 2. The van der Waals surface area contributed by atoms with Crippen molar-refractivity contribution in [3.05, 3.63) is 39.7 Å². The predicted octanol–water partition coefficient (Wildman–Crippen LogP) is 3.13.